The van der Waals surface area contributed by atoms with Gasteiger partial charge >= 0.3 is 0 Å². The zero-order valence-electron chi connectivity index (χ0n) is 11.6. The zero-order valence-corrected chi connectivity index (χ0v) is 11.6. The quantitative estimate of drug-likeness (QED) is 0.878. The molecule has 2 amide bonds. The minimum Gasteiger partial charge on any atom is -0.344 e. The van der Waals surface area contributed by atoms with Gasteiger partial charge in [-0.05, 0) is 36.6 Å². The van der Waals surface area contributed by atoms with Crippen LogP contribution in [0.15, 0.2) is 18.2 Å². The lowest BCUT2D eigenvalue weighted by Crippen LogP contribution is -2.46. The Bertz CT molecular complexity index is 486. The summed E-state index contributed by atoms with van der Waals surface area (Å²) in [5.41, 5.74) is 1.18. The molecule has 4 nitrogen and oxygen atoms in total. The Hall–Kier alpha value is -1.91. The van der Waals surface area contributed by atoms with Crippen molar-refractivity contribution < 1.29 is 14.0 Å². The summed E-state index contributed by atoms with van der Waals surface area (Å²) < 4.78 is 13.0. The summed E-state index contributed by atoms with van der Waals surface area (Å²) in [6.07, 6.45) is 0. The first-order valence-corrected chi connectivity index (χ1v) is 6.15. The molecule has 2 N–H and O–H groups in total. The fraction of sp³-hybridized carbons (Fsp3) is 0.429. The normalized spacial score (nSPS) is 12.1. The number of aryl methyl sites for hydroxylation is 1. The lowest BCUT2D eigenvalue weighted by atomic mass is 10.0. The van der Waals surface area contributed by atoms with Crippen molar-refractivity contribution >= 4 is 17.5 Å². The Morgan fingerprint density at radius 3 is 2.37 bits per heavy atom. The molecule has 0 spiro atoms. The van der Waals surface area contributed by atoms with Crippen LogP contribution in [-0.4, -0.2) is 17.9 Å². The number of hydrogen-bond donors (Lipinski definition) is 2. The van der Waals surface area contributed by atoms with Gasteiger partial charge in [-0.15, -0.1) is 0 Å². The number of anilines is 1. The van der Waals surface area contributed by atoms with E-state index in [2.05, 4.69) is 10.6 Å². The number of amides is 2. The molecule has 5 heteroatoms. The number of halogens is 1. The van der Waals surface area contributed by atoms with Gasteiger partial charge in [0, 0.05) is 12.6 Å². The number of nitrogens with one attached hydrogen (secondary N) is 2. The van der Waals surface area contributed by atoms with Crippen LogP contribution in [0.1, 0.15) is 26.3 Å². The van der Waals surface area contributed by atoms with Gasteiger partial charge < -0.3 is 10.6 Å². The lowest BCUT2D eigenvalue weighted by Gasteiger charge is -2.21. The minimum atomic E-state index is -0.609. The van der Waals surface area contributed by atoms with Gasteiger partial charge in [-0.25, -0.2) is 4.39 Å². The molecular formula is C14H19FN2O2. The van der Waals surface area contributed by atoms with Gasteiger partial charge in [-0.2, -0.15) is 0 Å². The molecule has 0 saturated carbocycles. The van der Waals surface area contributed by atoms with E-state index in [1.807, 2.05) is 13.8 Å². The van der Waals surface area contributed by atoms with Crippen molar-refractivity contribution in [1.82, 2.24) is 5.32 Å². The predicted octanol–water partition coefficient (Wildman–Crippen LogP) is 2.23. The molecule has 0 saturated heterocycles. The highest BCUT2D eigenvalue weighted by Gasteiger charge is 2.23. The van der Waals surface area contributed by atoms with Crippen molar-refractivity contribution in [3.63, 3.8) is 0 Å². The van der Waals surface area contributed by atoms with E-state index in [0.717, 1.165) is 0 Å². The molecular weight excluding hydrogens is 247 g/mol. The maximum atomic E-state index is 13.0. The average Bonchev–Trinajstić information content (AvgIpc) is 2.29. The van der Waals surface area contributed by atoms with E-state index in [0.29, 0.717) is 11.3 Å². The Labute approximate surface area is 112 Å². The maximum absolute atomic E-state index is 13.0. The summed E-state index contributed by atoms with van der Waals surface area (Å²) in [6.45, 7) is 6.77. The van der Waals surface area contributed by atoms with Crippen LogP contribution < -0.4 is 10.6 Å². The Morgan fingerprint density at radius 1 is 1.26 bits per heavy atom. The third-order valence-electron chi connectivity index (χ3n) is 2.75. The summed E-state index contributed by atoms with van der Waals surface area (Å²) in [4.78, 5) is 23.2. The fourth-order valence-corrected chi connectivity index (χ4v) is 1.73. The Morgan fingerprint density at radius 2 is 1.89 bits per heavy atom. The standard InChI is InChI=1S/C14H19FN2O2/c1-8(2)13(16-10(4)18)14(19)17-12-6-5-11(15)7-9(12)3/h5-8,13H,1-4H3,(H,16,18)(H,17,19)/t13-/m0/s1. The topological polar surface area (TPSA) is 58.2 Å². The smallest absolute Gasteiger partial charge is 0.247 e. The van der Waals surface area contributed by atoms with E-state index in [9.17, 15) is 14.0 Å². The third kappa shape index (κ3) is 4.35. The Balaban J connectivity index is 2.84. The molecule has 0 aromatic heterocycles. The van der Waals surface area contributed by atoms with E-state index in [-0.39, 0.29) is 23.5 Å². The van der Waals surface area contributed by atoms with Crippen LogP contribution in [-0.2, 0) is 9.59 Å². The lowest BCUT2D eigenvalue weighted by molar-refractivity contribution is -0.126. The number of benzene rings is 1. The third-order valence-corrected chi connectivity index (χ3v) is 2.75. The average molecular weight is 266 g/mol. The van der Waals surface area contributed by atoms with Crippen LogP contribution in [0.5, 0.6) is 0 Å². The highest BCUT2D eigenvalue weighted by Crippen LogP contribution is 2.16. The van der Waals surface area contributed by atoms with Crippen LogP contribution in [0, 0.1) is 18.7 Å². The van der Waals surface area contributed by atoms with Crippen molar-refractivity contribution in [1.29, 1.82) is 0 Å². The number of hydrogen-bond acceptors (Lipinski definition) is 2. The summed E-state index contributed by atoms with van der Waals surface area (Å²) >= 11 is 0. The second kappa shape index (κ2) is 6.31. The summed E-state index contributed by atoms with van der Waals surface area (Å²) in [5, 5.41) is 5.31. The largest absolute Gasteiger partial charge is 0.344 e. The van der Waals surface area contributed by atoms with E-state index in [1.54, 1.807) is 6.92 Å². The summed E-state index contributed by atoms with van der Waals surface area (Å²) in [7, 11) is 0. The second-order valence-electron chi connectivity index (χ2n) is 4.87. The zero-order chi connectivity index (χ0) is 14.6. The molecule has 0 bridgehead atoms. The molecule has 1 rings (SSSR count). The van der Waals surface area contributed by atoms with Crippen LogP contribution in [0.2, 0.25) is 0 Å². The van der Waals surface area contributed by atoms with Crippen LogP contribution >= 0.6 is 0 Å². The number of rotatable bonds is 4. The highest BCUT2D eigenvalue weighted by atomic mass is 19.1. The van der Waals surface area contributed by atoms with Crippen LogP contribution in [0.25, 0.3) is 0 Å². The van der Waals surface area contributed by atoms with E-state index < -0.39 is 6.04 Å². The minimum absolute atomic E-state index is 0.0374. The molecule has 0 fully saturated rings. The van der Waals surface area contributed by atoms with E-state index in [4.69, 9.17) is 0 Å². The first kappa shape index (κ1) is 15.1. The second-order valence-corrected chi connectivity index (χ2v) is 4.87. The molecule has 0 heterocycles. The van der Waals surface area contributed by atoms with Crippen LogP contribution in [0.3, 0.4) is 0 Å². The van der Waals surface area contributed by atoms with Crippen molar-refractivity contribution in [2.24, 2.45) is 5.92 Å². The van der Waals surface area contributed by atoms with Gasteiger partial charge in [0.05, 0.1) is 0 Å². The van der Waals surface area contributed by atoms with Gasteiger partial charge in [0.25, 0.3) is 0 Å². The van der Waals surface area contributed by atoms with Crippen molar-refractivity contribution in [2.75, 3.05) is 5.32 Å². The van der Waals surface area contributed by atoms with E-state index in [1.165, 1.54) is 25.1 Å². The molecule has 0 unspecified atom stereocenters. The fourth-order valence-electron chi connectivity index (χ4n) is 1.73. The number of carbonyl (C=O) groups excluding carboxylic acids is 2. The monoisotopic (exact) mass is 266 g/mol. The van der Waals surface area contributed by atoms with Gasteiger partial charge in [0.1, 0.15) is 11.9 Å². The molecule has 104 valence electrons. The molecule has 0 aliphatic heterocycles. The first-order chi connectivity index (χ1) is 8.81. The van der Waals surface area contributed by atoms with Crippen molar-refractivity contribution in [3.8, 4) is 0 Å². The SMILES string of the molecule is CC(=O)N[C@H](C(=O)Nc1ccc(F)cc1C)C(C)C. The Kier molecular flexibility index (Phi) is 5.03. The van der Waals surface area contributed by atoms with Crippen LogP contribution in [0.4, 0.5) is 10.1 Å². The predicted molar refractivity (Wildman–Crippen MR) is 72.2 cm³/mol. The molecule has 1 atom stereocenters. The molecule has 0 aliphatic carbocycles. The maximum Gasteiger partial charge on any atom is 0.247 e. The summed E-state index contributed by atoms with van der Waals surface area (Å²) in [5.74, 6) is -0.952. The van der Waals surface area contributed by atoms with Crippen molar-refractivity contribution in [2.45, 2.75) is 33.7 Å². The molecule has 0 aliphatic rings. The molecule has 1 aromatic carbocycles. The molecule has 1 aromatic rings. The van der Waals surface area contributed by atoms with Gasteiger partial charge in [0.15, 0.2) is 0 Å². The highest BCUT2D eigenvalue weighted by molar-refractivity contribution is 5.97. The molecule has 0 radical (unpaired) electrons. The van der Waals surface area contributed by atoms with Crippen molar-refractivity contribution in [3.05, 3.63) is 29.6 Å². The van der Waals surface area contributed by atoms with Gasteiger partial charge in [0.2, 0.25) is 11.8 Å². The van der Waals surface area contributed by atoms with Gasteiger partial charge in [-0.1, -0.05) is 13.8 Å². The first-order valence-electron chi connectivity index (χ1n) is 6.15. The van der Waals surface area contributed by atoms with E-state index >= 15 is 0 Å². The number of carbonyl (C=O) groups is 2. The summed E-state index contributed by atoms with van der Waals surface area (Å²) in [6, 6.07) is 3.53. The van der Waals surface area contributed by atoms with Gasteiger partial charge in [-0.3, -0.25) is 9.59 Å². The molecule has 19 heavy (non-hydrogen) atoms.